The van der Waals surface area contributed by atoms with Gasteiger partial charge in [-0.15, -0.1) is 0 Å². The summed E-state index contributed by atoms with van der Waals surface area (Å²) in [5.41, 5.74) is 1.77. The molecule has 30 heavy (non-hydrogen) atoms. The van der Waals surface area contributed by atoms with E-state index in [4.69, 9.17) is 11.6 Å². The van der Waals surface area contributed by atoms with Crippen LogP contribution in [-0.4, -0.2) is 58.1 Å². The van der Waals surface area contributed by atoms with E-state index in [9.17, 15) is 14.3 Å². The molecule has 1 aromatic carbocycles. The molecule has 3 aromatic rings. The molecule has 0 saturated heterocycles. The molecule has 0 amide bonds. The highest BCUT2D eigenvalue weighted by Crippen LogP contribution is 2.28. The number of carboxylic acid groups (broad SMARTS) is 1. The van der Waals surface area contributed by atoms with Crippen molar-refractivity contribution in [2.75, 3.05) is 37.8 Å². The molecule has 0 aliphatic rings. The fraction of sp³-hybridized carbons (Fsp3) is 0.200. The van der Waals surface area contributed by atoms with Gasteiger partial charge in [0.1, 0.15) is 11.6 Å². The van der Waals surface area contributed by atoms with Crippen LogP contribution in [0.5, 0.6) is 0 Å². The zero-order chi connectivity index (χ0) is 21.7. The van der Waals surface area contributed by atoms with Crippen LogP contribution in [0.2, 0.25) is 5.02 Å². The van der Waals surface area contributed by atoms with Crippen LogP contribution in [0.15, 0.2) is 42.9 Å². The summed E-state index contributed by atoms with van der Waals surface area (Å²) in [5, 5.41) is 15.5. The van der Waals surface area contributed by atoms with Crippen molar-refractivity contribution in [3.8, 4) is 11.1 Å². The first-order valence-corrected chi connectivity index (χ1v) is 9.37. The molecule has 0 saturated carbocycles. The number of halogens is 2. The lowest BCUT2D eigenvalue weighted by Gasteiger charge is -2.15. The topological polar surface area (TPSA) is 103 Å². The van der Waals surface area contributed by atoms with E-state index in [0.29, 0.717) is 29.2 Å². The Morgan fingerprint density at radius 3 is 2.73 bits per heavy atom. The number of carboxylic acids is 1. The monoisotopic (exact) mass is 430 g/mol. The molecular formula is C20H20ClFN6O2. The van der Waals surface area contributed by atoms with Gasteiger partial charge in [0.2, 0.25) is 5.95 Å². The first-order chi connectivity index (χ1) is 14.3. The van der Waals surface area contributed by atoms with Crippen LogP contribution in [-0.2, 0) is 0 Å². The van der Waals surface area contributed by atoms with E-state index < -0.39 is 11.8 Å². The number of rotatable bonds is 8. The van der Waals surface area contributed by atoms with Gasteiger partial charge < -0.3 is 20.6 Å². The van der Waals surface area contributed by atoms with Crippen molar-refractivity contribution in [2.24, 2.45) is 0 Å². The molecular weight excluding hydrogens is 411 g/mol. The zero-order valence-corrected chi connectivity index (χ0v) is 17.1. The minimum atomic E-state index is -1.07. The highest BCUT2D eigenvalue weighted by Gasteiger charge is 2.13. The predicted octanol–water partition coefficient (Wildman–Crippen LogP) is 3.75. The number of nitrogens with one attached hydrogen (secondary N) is 2. The van der Waals surface area contributed by atoms with Crippen molar-refractivity contribution >= 4 is 35.0 Å². The Morgan fingerprint density at radius 2 is 2.03 bits per heavy atom. The molecule has 8 nitrogen and oxygen atoms in total. The van der Waals surface area contributed by atoms with Crippen LogP contribution < -0.4 is 10.6 Å². The average molecular weight is 431 g/mol. The van der Waals surface area contributed by atoms with Crippen LogP contribution in [0.1, 0.15) is 10.4 Å². The number of likely N-dealkylation sites (N-methyl/N-ethyl adjacent to an activating group) is 1. The van der Waals surface area contributed by atoms with Crippen LogP contribution in [0, 0.1) is 5.82 Å². The first kappa shape index (κ1) is 21.4. The van der Waals surface area contributed by atoms with Gasteiger partial charge in [0.05, 0.1) is 10.6 Å². The highest BCUT2D eigenvalue weighted by molar-refractivity contribution is 6.31. The number of hydrogen-bond donors (Lipinski definition) is 3. The Hall–Kier alpha value is -3.30. The van der Waals surface area contributed by atoms with E-state index in [-0.39, 0.29) is 16.5 Å². The summed E-state index contributed by atoms with van der Waals surface area (Å²) in [6.07, 6.45) is 4.40. The van der Waals surface area contributed by atoms with Gasteiger partial charge in [-0.05, 0) is 38.4 Å². The molecule has 0 radical (unpaired) electrons. The lowest BCUT2D eigenvalue weighted by molar-refractivity contribution is 0.0696. The third-order valence-electron chi connectivity index (χ3n) is 4.11. The van der Waals surface area contributed by atoms with E-state index in [1.165, 1.54) is 30.5 Å². The smallest absolute Gasteiger partial charge is 0.337 e. The first-order valence-electron chi connectivity index (χ1n) is 9.00. The number of benzene rings is 1. The molecule has 10 heteroatoms. The molecule has 0 aliphatic carbocycles. The molecule has 0 aliphatic heterocycles. The summed E-state index contributed by atoms with van der Waals surface area (Å²) in [6, 6.07) is 5.72. The van der Waals surface area contributed by atoms with Crippen molar-refractivity contribution in [1.29, 1.82) is 0 Å². The van der Waals surface area contributed by atoms with E-state index >= 15 is 0 Å². The molecule has 156 valence electrons. The average Bonchev–Trinajstić information content (AvgIpc) is 2.71. The van der Waals surface area contributed by atoms with Crippen molar-refractivity contribution in [1.82, 2.24) is 19.9 Å². The summed E-state index contributed by atoms with van der Waals surface area (Å²) in [4.78, 5) is 26.1. The van der Waals surface area contributed by atoms with Crippen LogP contribution in [0.4, 0.5) is 21.8 Å². The number of aromatic carboxylic acids is 1. The van der Waals surface area contributed by atoms with Gasteiger partial charge in [-0.2, -0.15) is 4.98 Å². The van der Waals surface area contributed by atoms with Gasteiger partial charge in [-0.3, -0.25) is 4.98 Å². The maximum Gasteiger partial charge on any atom is 0.337 e. The van der Waals surface area contributed by atoms with Crippen molar-refractivity contribution in [3.05, 3.63) is 59.3 Å². The second-order valence-corrected chi connectivity index (χ2v) is 7.11. The molecule has 2 aromatic heterocycles. The summed E-state index contributed by atoms with van der Waals surface area (Å²) in [5.74, 6) is -0.808. The lowest BCUT2D eigenvalue weighted by atomic mass is 10.1. The quantitative estimate of drug-likeness (QED) is 0.496. The van der Waals surface area contributed by atoms with Gasteiger partial charge in [0.25, 0.3) is 0 Å². The standard InChI is InChI=1S/C20H20ClFN6O2/c1-28(2)6-5-24-18-15(12-7-13(19(29)30)10-23-9-12)11-25-20(27-18)26-14-3-4-17(22)16(21)8-14/h3-4,7-11H,5-6H2,1-2H3,(H,29,30)(H2,24,25,26,27). The van der Waals surface area contributed by atoms with Gasteiger partial charge in [0, 0.05) is 48.5 Å². The lowest BCUT2D eigenvalue weighted by Crippen LogP contribution is -2.21. The summed E-state index contributed by atoms with van der Waals surface area (Å²) >= 11 is 5.83. The minimum Gasteiger partial charge on any atom is -0.478 e. The van der Waals surface area contributed by atoms with Crippen LogP contribution >= 0.6 is 11.6 Å². The molecule has 0 spiro atoms. The zero-order valence-electron chi connectivity index (χ0n) is 16.4. The minimum absolute atomic E-state index is 0.0162. The highest BCUT2D eigenvalue weighted by atomic mass is 35.5. The Morgan fingerprint density at radius 1 is 1.23 bits per heavy atom. The fourth-order valence-electron chi connectivity index (χ4n) is 2.59. The normalized spacial score (nSPS) is 10.8. The molecule has 3 N–H and O–H groups in total. The summed E-state index contributed by atoms with van der Waals surface area (Å²) < 4.78 is 13.4. The van der Waals surface area contributed by atoms with Gasteiger partial charge in [-0.25, -0.2) is 14.2 Å². The van der Waals surface area contributed by atoms with Crippen LogP contribution in [0.3, 0.4) is 0 Å². The third-order valence-corrected chi connectivity index (χ3v) is 4.40. The molecule has 0 atom stereocenters. The number of carbonyl (C=O) groups is 1. The Kier molecular flexibility index (Phi) is 6.76. The van der Waals surface area contributed by atoms with E-state index in [1.807, 2.05) is 19.0 Å². The SMILES string of the molecule is CN(C)CCNc1nc(Nc2ccc(F)c(Cl)c2)ncc1-c1cncc(C(=O)O)c1. The van der Waals surface area contributed by atoms with Gasteiger partial charge in [-0.1, -0.05) is 11.6 Å². The molecule has 3 rings (SSSR count). The second kappa shape index (κ2) is 9.47. The van der Waals surface area contributed by atoms with Gasteiger partial charge in [0.15, 0.2) is 0 Å². The van der Waals surface area contributed by atoms with Crippen molar-refractivity contribution in [2.45, 2.75) is 0 Å². The van der Waals surface area contributed by atoms with Crippen molar-refractivity contribution < 1.29 is 14.3 Å². The number of nitrogens with zero attached hydrogens (tertiary/aromatic N) is 4. The number of anilines is 3. The fourth-order valence-corrected chi connectivity index (χ4v) is 2.77. The van der Waals surface area contributed by atoms with Crippen LogP contribution in [0.25, 0.3) is 11.1 Å². The van der Waals surface area contributed by atoms with Crippen molar-refractivity contribution in [3.63, 3.8) is 0 Å². The maximum absolute atomic E-state index is 13.4. The number of hydrogen-bond acceptors (Lipinski definition) is 7. The molecule has 0 unspecified atom stereocenters. The van der Waals surface area contributed by atoms with E-state index in [0.717, 1.165) is 6.54 Å². The van der Waals surface area contributed by atoms with E-state index in [2.05, 4.69) is 25.6 Å². The maximum atomic E-state index is 13.4. The second-order valence-electron chi connectivity index (χ2n) is 6.71. The Balaban J connectivity index is 1.94. The largest absolute Gasteiger partial charge is 0.478 e. The molecule has 2 heterocycles. The van der Waals surface area contributed by atoms with E-state index in [1.54, 1.807) is 12.4 Å². The molecule has 0 bridgehead atoms. The molecule has 0 fully saturated rings. The number of pyridine rings is 1. The Labute approximate surface area is 177 Å². The summed E-state index contributed by atoms with van der Waals surface area (Å²) in [7, 11) is 3.90. The summed E-state index contributed by atoms with van der Waals surface area (Å²) in [6.45, 7) is 1.36. The predicted molar refractivity (Wildman–Crippen MR) is 114 cm³/mol. The third kappa shape index (κ3) is 5.40. The van der Waals surface area contributed by atoms with Gasteiger partial charge >= 0.3 is 5.97 Å². The Bertz CT molecular complexity index is 1060. The number of aromatic nitrogens is 3.